The minimum absolute atomic E-state index is 0.0603. The normalized spacial score (nSPS) is 16.6. The van der Waals surface area contributed by atoms with E-state index in [-0.39, 0.29) is 17.9 Å². The molecule has 0 unspecified atom stereocenters. The van der Waals surface area contributed by atoms with Gasteiger partial charge in [0, 0.05) is 24.6 Å². The summed E-state index contributed by atoms with van der Waals surface area (Å²) in [6.45, 7) is 1.12. The molecule has 0 bridgehead atoms. The monoisotopic (exact) mass is 331 g/mol. The molecule has 2 rings (SSSR count). The van der Waals surface area contributed by atoms with E-state index in [0.717, 1.165) is 11.5 Å². The fourth-order valence-corrected chi connectivity index (χ4v) is 4.48. The molecule has 1 aromatic carbocycles. The molecule has 21 heavy (non-hydrogen) atoms. The van der Waals surface area contributed by atoms with Gasteiger partial charge in [-0.05, 0) is 24.3 Å². The molecule has 0 spiro atoms. The Labute approximate surface area is 128 Å². The molecule has 1 saturated heterocycles. The van der Waals surface area contributed by atoms with Crippen LogP contribution in [0.4, 0.5) is 0 Å². The summed E-state index contributed by atoms with van der Waals surface area (Å²) >= 11 is 1.75. The maximum absolute atomic E-state index is 12.4. The third-order valence-electron chi connectivity index (χ3n) is 3.02. The smallest absolute Gasteiger partial charge is 0.306 e. The van der Waals surface area contributed by atoms with E-state index in [4.69, 9.17) is 9.84 Å². The van der Waals surface area contributed by atoms with Crippen LogP contribution in [0.2, 0.25) is 0 Å². The van der Waals surface area contributed by atoms with Gasteiger partial charge < -0.3 is 9.84 Å². The van der Waals surface area contributed by atoms with Gasteiger partial charge in [-0.1, -0.05) is 0 Å². The second-order valence-corrected chi connectivity index (χ2v) is 7.64. The SMILES string of the molecule is O=C(O)CCOc1ccc(S(=O)(=O)N2CCSCC2)cc1. The van der Waals surface area contributed by atoms with Gasteiger partial charge in [-0.3, -0.25) is 4.79 Å². The summed E-state index contributed by atoms with van der Waals surface area (Å²) in [6, 6.07) is 6.08. The van der Waals surface area contributed by atoms with Gasteiger partial charge in [0.15, 0.2) is 0 Å². The zero-order valence-corrected chi connectivity index (χ0v) is 13.0. The van der Waals surface area contributed by atoms with E-state index in [0.29, 0.717) is 18.8 Å². The molecule has 1 aliphatic rings. The zero-order valence-electron chi connectivity index (χ0n) is 11.4. The van der Waals surface area contributed by atoms with Crippen LogP contribution < -0.4 is 4.74 Å². The number of sulfonamides is 1. The van der Waals surface area contributed by atoms with Crippen molar-refractivity contribution in [2.45, 2.75) is 11.3 Å². The van der Waals surface area contributed by atoms with Gasteiger partial charge in [0.25, 0.3) is 0 Å². The molecule has 1 heterocycles. The predicted molar refractivity (Wildman–Crippen MR) is 80.3 cm³/mol. The Hall–Kier alpha value is -1.25. The van der Waals surface area contributed by atoms with Gasteiger partial charge >= 0.3 is 5.97 Å². The highest BCUT2D eigenvalue weighted by Gasteiger charge is 2.25. The summed E-state index contributed by atoms with van der Waals surface area (Å²) in [5, 5.41) is 8.52. The number of ether oxygens (including phenoxy) is 1. The molecule has 1 aromatic rings. The van der Waals surface area contributed by atoms with Crippen molar-refractivity contribution in [3.05, 3.63) is 24.3 Å². The molecule has 0 radical (unpaired) electrons. The summed E-state index contributed by atoms with van der Waals surface area (Å²) < 4.78 is 31.5. The van der Waals surface area contributed by atoms with Crippen molar-refractivity contribution in [2.24, 2.45) is 0 Å². The number of thioether (sulfide) groups is 1. The van der Waals surface area contributed by atoms with Crippen molar-refractivity contribution in [2.75, 3.05) is 31.2 Å². The minimum atomic E-state index is -3.44. The van der Waals surface area contributed by atoms with E-state index >= 15 is 0 Å². The largest absolute Gasteiger partial charge is 0.493 e. The first kappa shape index (κ1) is 16.1. The van der Waals surface area contributed by atoms with Crippen LogP contribution in [0.25, 0.3) is 0 Å². The van der Waals surface area contributed by atoms with E-state index in [9.17, 15) is 13.2 Å². The quantitative estimate of drug-likeness (QED) is 0.845. The molecule has 0 amide bonds. The molecule has 0 aromatic heterocycles. The molecule has 116 valence electrons. The fraction of sp³-hybridized carbons (Fsp3) is 0.462. The van der Waals surface area contributed by atoms with Crippen LogP contribution in [-0.2, 0) is 14.8 Å². The number of nitrogens with zero attached hydrogens (tertiary/aromatic N) is 1. The molecule has 0 atom stereocenters. The standard InChI is InChI=1S/C13H17NO5S2/c15-13(16)5-8-19-11-1-3-12(4-2-11)21(17,18)14-6-9-20-10-7-14/h1-4H,5-10H2,(H,15,16). The number of rotatable bonds is 6. The van der Waals surface area contributed by atoms with E-state index in [1.807, 2.05) is 0 Å². The van der Waals surface area contributed by atoms with Crippen LogP contribution in [0.15, 0.2) is 29.2 Å². The van der Waals surface area contributed by atoms with Gasteiger partial charge in [-0.15, -0.1) is 0 Å². The van der Waals surface area contributed by atoms with Gasteiger partial charge in [0.2, 0.25) is 10.0 Å². The lowest BCUT2D eigenvalue weighted by Gasteiger charge is -2.25. The van der Waals surface area contributed by atoms with Gasteiger partial charge in [0.1, 0.15) is 5.75 Å². The summed E-state index contributed by atoms with van der Waals surface area (Å²) in [6.07, 6.45) is -0.0918. The molecule has 0 aliphatic carbocycles. The first-order chi connectivity index (χ1) is 10.00. The lowest BCUT2D eigenvalue weighted by Crippen LogP contribution is -2.37. The van der Waals surface area contributed by atoms with Gasteiger partial charge in [-0.25, -0.2) is 8.42 Å². The highest BCUT2D eigenvalue weighted by molar-refractivity contribution is 7.99. The maximum atomic E-state index is 12.4. The van der Waals surface area contributed by atoms with Crippen LogP contribution in [0.5, 0.6) is 5.75 Å². The van der Waals surface area contributed by atoms with Crippen LogP contribution in [0, 0.1) is 0 Å². The molecular weight excluding hydrogens is 314 g/mol. The van der Waals surface area contributed by atoms with Crippen LogP contribution in [0.1, 0.15) is 6.42 Å². The predicted octanol–water partition coefficient (Wildman–Crippen LogP) is 1.28. The first-order valence-electron chi connectivity index (χ1n) is 6.53. The van der Waals surface area contributed by atoms with Gasteiger partial charge in [0.05, 0.1) is 17.9 Å². The lowest BCUT2D eigenvalue weighted by molar-refractivity contribution is -0.137. The molecule has 8 heteroatoms. The third-order valence-corrected chi connectivity index (χ3v) is 5.87. The summed E-state index contributed by atoms with van der Waals surface area (Å²) in [5.41, 5.74) is 0. The number of hydrogen-bond acceptors (Lipinski definition) is 5. The number of aliphatic carboxylic acids is 1. The fourth-order valence-electron chi connectivity index (χ4n) is 1.90. The van der Waals surface area contributed by atoms with Crippen molar-refractivity contribution >= 4 is 27.8 Å². The van der Waals surface area contributed by atoms with Crippen molar-refractivity contribution < 1.29 is 23.1 Å². The van der Waals surface area contributed by atoms with Crippen molar-refractivity contribution in [3.8, 4) is 5.75 Å². The minimum Gasteiger partial charge on any atom is -0.493 e. The topological polar surface area (TPSA) is 83.9 Å². The summed E-state index contributed by atoms with van der Waals surface area (Å²) in [4.78, 5) is 10.6. The van der Waals surface area contributed by atoms with Crippen molar-refractivity contribution in [1.29, 1.82) is 0 Å². The second kappa shape index (κ2) is 7.15. The molecular formula is C13H17NO5S2. The van der Waals surface area contributed by atoms with Crippen LogP contribution >= 0.6 is 11.8 Å². The molecule has 1 fully saturated rings. The van der Waals surface area contributed by atoms with E-state index < -0.39 is 16.0 Å². The highest BCUT2D eigenvalue weighted by Crippen LogP contribution is 2.22. The molecule has 6 nitrogen and oxygen atoms in total. The molecule has 1 N–H and O–H groups in total. The Morgan fingerprint density at radius 1 is 1.24 bits per heavy atom. The average molecular weight is 331 g/mol. The van der Waals surface area contributed by atoms with E-state index in [1.54, 1.807) is 23.9 Å². The third kappa shape index (κ3) is 4.36. The number of carboxylic acid groups (broad SMARTS) is 1. The second-order valence-electron chi connectivity index (χ2n) is 4.48. The number of carboxylic acids is 1. The maximum Gasteiger partial charge on any atom is 0.306 e. The lowest BCUT2D eigenvalue weighted by atomic mass is 10.3. The number of carbonyl (C=O) groups is 1. The van der Waals surface area contributed by atoms with Crippen LogP contribution in [-0.4, -0.2) is 55.0 Å². The Bertz CT molecular complexity index is 579. The molecule has 0 saturated carbocycles. The van der Waals surface area contributed by atoms with E-state index in [1.165, 1.54) is 16.4 Å². The van der Waals surface area contributed by atoms with Crippen LogP contribution in [0.3, 0.4) is 0 Å². The van der Waals surface area contributed by atoms with Crippen molar-refractivity contribution in [1.82, 2.24) is 4.31 Å². The Morgan fingerprint density at radius 2 is 1.86 bits per heavy atom. The number of hydrogen-bond donors (Lipinski definition) is 1. The molecule has 1 aliphatic heterocycles. The van der Waals surface area contributed by atoms with Crippen molar-refractivity contribution in [3.63, 3.8) is 0 Å². The van der Waals surface area contributed by atoms with Gasteiger partial charge in [-0.2, -0.15) is 16.1 Å². The Morgan fingerprint density at radius 3 is 2.43 bits per heavy atom. The Kier molecular flexibility index (Phi) is 5.49. The highest BCUT2D eigenvalue weighted by atomic mass is 32.2. The van der Waals surface area contributed by atoms with E-state index in [2.05, 4.69) is 0 Å². The summed E-state index contributed by atoms with van der Waals surface area (Å²) in [7, 11) is -3.44. The first-order valence-corrected chi connectivity index (χ1v) is 9.12. The Balaban J connectivity index is 2.02. The zero-order chi connectivity index (χ0) is 15.3. The summed E-state index contributed by atoms with van der Waals surface area (Å²) in [5.74, 6) is 1.16. The number of benzene rings is 1. The average Bonchev–Trinajstić information content (AvgIpc) is 2.48.